The van der Waals surface area contributed by atoms with Crippen molar-refractivity contribution in [3.05, 3.63) is 29.8 Å². The van der Waals surface area contributed by atoms with Gasteiger partial charge in [-0.3, -0.25) is 4.79 Å². The second-order valence-electron chi connectivity index (χ2n) is 4.69. The molecular weight excluding hydrogens is 238 g/mol. The van der Waals surface area contributed by atoms with E-state index in [2.05, 4.69) is 29.4 Å². The van der Waals surface area contributed by atoms with Crippen LogP contribution in [-0.4, -0.2) is 43.5 Å². The van der Waals surface area contributed by atoms with Crippen molar-refractivity contribution in [2.24, 2.45) is 0 Å². The molecule has 1 unspecified atom stereocenters. The van der Waals surface area contributed by atoms with Crippen molar-refractivity contribution >= 4 is 11.6 Å². The second kappa shape index (κ2) is 7.79. The van der Waals surface area contributed by atoms with Crippen molar-refractivity contribution < 1.29 is 4.79 Å². The number of rotatable bonds is 7. The second-order valence-corrected chi connectivity index (χ2v) is 4.69. The SMILES string of the molecule is CCN(CC)CC(C)NC(=O)c1ccc(NC)cc1. The molecule has 106 valence electrons. The van der Waals surface area contributed by atoms with Crippen LogP contribution in [0.1, 0.15) is 31.1 Å². The number of carbonyl (C=O) groups is 1. The molecule has 4 nitrogen and oxygen atoms in total. The van der Waals surface area contributed by atoms with E-state index in [1.165, 1.54) is 0 Å². The predicted molar refractivity (Wildman–Crippen MR) is 80.7 cm³/mol. The summed E-state index contributed by atoms with van der Waals surface area (Å²) in [6.07, 6.45) is 0. The van der Waals surface area contributed by atoms with Crippen LogP contribution in [0.25, 0.3) is 0 Å². The average Bonchev–Trinajstić information content (AvgIpc) is 2.44. The zero-order chi connectivity index (χ0) is 14.3. The molecular formula is C15H25N3O. The normalized spacial score (nSPS) is 12.3. The van der Waals surface area contributed by atoms with Gasteiger partial charge in [-0.15, -0.1) is 0 Å². The molecule has 0 aliphatic rings. The monoisotopic (exact) mass is 263 g/mol. The highest BCUT2D eigenvalue weighted by atomic mass is 16.1. The van der Waals surface area contributed by atoms with Gasteiger partial charge in [-0.05, 0) is 44.3 Å². The van der Waals surface area contributed by atoms with Crippen LogP contribution in [0.3, 0.4) is 0 Å². The van der Waals surface area contributed by atoms with E-state index in [4.69, 9.17) is 0 Å². The van der Waals surface area contributed by atoms with Crippen molar-refractivity contribution in [1.29, 1.82) is 0 Å². The first-order valence-corrected chi connectivity index (χ1v) is 6.91. The molecule has 1 atom stereocenters. The van der Waals surface area contributed by atoms with Gasteiger partial charge in [0.05, 0.1) is 0 Å². The molecule has 1 amide bonds. The maximum atomic E-state index is 12.1. The molecule has 4 heteroatoms. The Morgan fingerprint density at radius 3 is 2.26 bits per heavy atom. The molecule has 1 rings (SSSR count). The molecule has 0 aliphatic heterocycles. The predicted octanol–water partition coefficient (Wildman–Crippen LogP) is 2.19. The fraction of sp³-hybridized carbons (Fsp3) is 0.533. The topological polar surface area (TPSA) is 44.4 Å². The fourth-order valence-electron chi connectivity index (χ4n) is 2.01. The van der Waals surface area contributed by atoms with E-state index in [9.17, 15) is 4.79 Å². The first kappa shape index (κ1) is 15.5. The Bertz CT molecular complexity index is 385. The summed E-state index contributed by atoms with van der Waals surface area (Å²) in [4.78, 5) is 14.4. The highest BCUT2D eigenvalue weighted by Gasteiger charge is 2.11. The van der Waals surface area contributed by atoms with Crippen molar-refractivity contribution in [3.8, 4) is 0 Å². The Morgan fingerprint density at radius 1 is 1.21 bits per heavy atom. The third kappa shape index (κ3) is 4.91. The average molecular weight is 263 g/mol. The van der Waals surface area contributed by atoms with Gasteiger partial charge in [0, 0.05) is 30.9 Å². The Hall–Kier alpha value is -1.55. The molecule has 1 aromatic rings. The van der Waals surface area contributed by atoms with Crippen LogP contribution >= 0.6 is 0 Å². The van der Waals surface area contributed by atoms with Gasteiger partial charge in [-0.1, -0.05) is 13.8 Å². The minimum absolute atomic E-state index is 0.0118. The molecule has 0 aromatic heterocycles. The minimum Gasteiger partial charge on any atom is -0.388 e. The summed E-state index contributed by atoms with van der Waals surface area (Å²) in [6, 6.07) is 7.64. The van der Waals surface area contributed by atoms with Crippen molar-refractivity contribution in [3.63, 3.8) is 0 Å². The number of benzene rings is 1. The lowest BCUT2D eigenvalue weighted by Gasteiger charge is -2.23. The van der Waals surface area contributed by atoms with E-state index < -0.39 is 0 Å². The number of nitrogens with one attached hydrogen (secondary N) is 2. The lowest BCUT2D eigenvalue weighted by atomic mass is 10.2. The van der Waals surface area contributed by atoms with Gasteiger partial charge in [-0.2, -0.15) is 0 Å². The van der Waals surface area contributed by atoms with Gasteiger partial charge in [0.1, 0.15) is 0 Å². The molecule has 2 N–H and O–H groups in total. The van der Waals surface area contributed by atoms with Crippen LogP contribution < -0.4 is 10.6 Å². The summed E-state index contributed by atoms with van der Waals surface area (Å²) in [5, 5.41) is 6.07. The number of likely N-dealkylation sites (N-methyl/N-ethyl adjacent to an activating group) is 1. The number of hydrogen-bond donors (Lipinski definition) is 2. The number of anilines is 1. The lowest BCUT2D eigenvalue weighted by Crippen LogP contribution is -2.41. The van der Waals surface area contributed by atoms with Gasteiger partial charge in [-0.25, -0.2) is 0 Å². The first-order chi connectivity index (χ1) is 9.10. The summed E-state index contributed by atoms with van der Waals surface area (Å²) in [5.41, 5.74) is 1.71. The molecule has 0 aliphatic carbocycles. The van der Waals surface area contributed by atoms with Crippen LogP contribution in [-0.2, 0) is 0 Å². The van der Waals surface area contributed by atoms with Crippen molar-refractivity contribution in [2.45, 2.75) is 26.8 Å². The largest absolute Gasteiger partial charge is 0.388 e. The van der Waals surface area contributed by atoms with Gasteiger partial charge in [0.15, 0.2) is 0 Å². The smallest absolute Gasteiger partial charge is 0.251 e. The number of nitrogens with zero attached hydrogens (tertiary/aromatic N) is 1. The Balaban J connectivity index is 2.53. The number of amides is 1. The van der Waals surface area contributed by atoms with Gasteiger partial charge in [0.2, 0.25) is 0 Å². The quantitative estimate of drug-likeness (QED) is 0.792. The third-order valence-corrected chi connectivity index (χ3v) is 3.24. The third-order valence-electron chi connectivity index (χ3n) is 3.24. The summed E-state index contributed by atoms with van der Waals surface area (Å²) in [7, 11) is 1.86. The van der Waals surface area contributed by atoms with Crippen molar-refractivity contribution in [2.75, 3.05) is 32.0 Å². The highest BCUT2D eigenvalue weighted by molar-refractivity contribution is 5.94. The van der Waals surface area contributed by atoms with E-state index in [0.29, 0.717) is 5.56 Å². The maximum Gasteiger partial charge on any atom is 0.251 e. The Kier molecular flexibility index (Phi) is 6.36. The maximum absolute atomic E-state index is 12.1. The molecule has 0 saturated carbocycles. The van der Waals surface area contributed by atoms with E-state index in [-0.39, 0.29) is 11.9 Å². The van der Waals surface area contributed by atoms with Gasteiger partial charge in [0.25, 0.3) is 5.91 Å². The van der Waals surface area contributed by atoms with Gasteiger partial charge >= 0.3 is 0 Å². The summed E-state index contributed by atoms with van der Waals surface area (Å²) in [5.74, 6) is -0.0118. The molecule has 0 bridgehead atoms. The highest BCUT2D eigenvalue weighted by Crippen LogP contribution is 2.08. The summed E-state index contributed by atoms with van der Waals surface area (Å²) < 4.78 is 0. The molecule has 0 radical (unpaired) electrons. The van der Waals surface area contributed by atoms with E-state index in [1.807, 2.05) is 38.2 Å². The molecule has 0 fully saturated rings. The van der Waals surface area contributed by atoms with Crippen LogP contribution in [0, 0.1) is 0 Å². The minimum atomic E-state index is -0.0118. The zero-order valence-corrected chi connectivity index (χ0v) is 12.4. The summed E-state index contributed by atoms with van der Waals surface area (Å²) >= 11 is 0. The van der Waals surface area contributed by atoms with E-state index in [1.54, 1.807) is 0 Å². The van der Waals surface area contributed by atoms with E-state index in [0.717, 1.165) is 25.3 Å². The van der Waals surface area contributed by atoms with E-state index >= 15 is 0 Å². The van der Waals surface area contributed by atoms with Crippen LogP contribution in [0.5, 0.6) is 0 Å². The van der Waals surface area contributed by atoms with Crippen LogP contribution in [0.2, 0.25) is 0 Å². The first-order valence-electron chi connectivity index (χ1n) is 6.91. The standard InChI is InChI=1S/C15H25N3O/c1-5-18(6-2)11-12(3)17-15(19)13-7-9-14(16-4)10-8-13/h7-10,12,16H,5-6,11H2,1-4H3,(H,17,19). The number of hydrogen-bond acceptors (Lipinski definition) is 3. The van der Waals surface area contributed by atoms with Gasteiger partial charge < -0.3 is 15.5 Å². The fourth-order valence-corrected chi connectivity index (χ4v) is 2.01. The van der Waals surface area contributed by atoms with Crippen molar-refractivity contribution in [1.82, 2.24) is 10.2 Å². The molecule has 0 saturated heterocycles. The molecule has 0 spiro atoms. The zero-order valence-electron chi connectivity index (χ0n) is 12.4. The molecule has 0 heterocycles. The molecule has 1 aromatic carbocycles. The lowest BCUT2D eigenvalue weighted by molar-refractivity contribution is 0.0930. The Labute approximate surface area is 116 Å². The molecule has 19 heavy (non-hydrogen) atoms. The Morgan fingerprint density at radius 2 is 1.79 bits per heavy atom. The summed E-state index contributed by atoms with van der Waals surface area (Å²) in [6.45, 7) is 9.20. The number of carbonyl (C=O) groups excluding carboxylic acids is 1. The van der Waals surface area contributed by atoms with Crippen LogP contribution in [0.15, 0.2) is 24.3 Å². The van der Waals surface area contributed by atoms with Crippen LogP contribution in [0.4, 0.5) is 5.69 Å².